The molecule has 0 saturated carbocycles. The molecule has 0 aromatic heterocycles. The van der Waals surface area contributed by atoms with Crippen LogP contribution in [0.5, 0.6) is 0 Å². The normalized spacial score (nSPS) is 20.8. The van der Waals surface area contributed by atoms with Gasteiger partial charge in [0.2, 0.25) is 15.9 Å². The molecule has 1 saturated heterocycles. The van der Waals surface area contributed by atoms with Crippen molar-refractivity contribution in [3.8, 4) is 0 Å². The quantitative estimate of drug-likeness (QED) is 0.697. The van der Waals surface area contributed by atoms with E-state index >= 15 is 0 Å². The number of carbonyl (C=O) groups is 1. The molecule has 1 atom stereocenters. The average molecular weight is 427 g/mol. The van der Waals surface area contributed by atoms with Gasteiger partial charge in [0.25, 0.3) is 0 Å². The van der Waals surface area contributed by atoms with Crippen molar-refractivity contribution in [3.63, 3.8) is 0 Å². The van der Waals surface area contributed by atoms with Gasteiger partial charge in [-0.3, -0.25) is 4.79 Å². The Balaban J connectivity index is 2.53. The molecule has 1 fully saturated rings. The van der Waals surface area contributed by atoms with E-state index in [1.165, 1.54) is 6.07 Å². The minimum absolute atomic E-state index is 0.0118. The van der Waals surface area contributed by atoms with Crippen molar-refractivity contribution in [1.29, 1.82) is 0 Å². The van der Waals surface area contributed by atoms with Crippen LogP contribution in [-0.2, 0) is 14.8 Å². The second-order valence-electron chi connectivity index (χ2n) is 4.39. The van der Waals surface area contributed by atoms with Gasteiger partial charge in [0, 0.05) is 22.0 Å². The molecule has 2 rings (SSSR count). The number of amides is 1. The van der Waals surface area contributed by atoms with E-state index in [9.17, 15) is 13.2 Å². The van der Waals surface area contributed by atoms with Crippen LogP contribution >= 0.6 is 31.9 Å². The predicted octanol–water partition coefficient (Wildman–Crippen LogP) is 1.30. The van der Waals surface area contributed by atoms with E-state index < -0.39 is 16.1 Å². The average Bonchev–Trinajstić information content (AvgIpc) is 2.30. The van der Waals surface area contributed by atoms with Crippen molar-refractivity contribution in [1.82, 2.24) is 9.62 Å². The number of nitrogens with two attached hydrogens (primary N) is 1. The molecule has 1 aliphatic rings. The highest BCUT2D eigenvalue weighted by molar-refractivity contribution is 9.11. The number of hydrogen-bond acceptors (Lipinski definition) is 4. The van der Waals surface area contributed by atoms with E-state index in [0.29, 0.717) is 8.95 Å². The van der Waals surface area contributed by atoms with Crippen LogP contribution in [0, 0.1) is 0 Å². The Kier molecular flexibility index (Phi) is 4.43. The molecule has 1 aromatic carbocycles. The largest absolute Gasteiger partial charge is 0.398 e. The molecule has 0 bridgehead atoms. The van der Waals surface area contributed by atoms with Crippen molar-refractivity contribution in [3.05, 3.63) is 21.1 Å². The molecule has 1 unspecified atom stereocenters. The van der Waals surface area contributed by atoms with Crippen LogP contribution in [0.1, 0.15) is 6.92 Å². The molecule has 1 amide bonds. The second-order valence-corrected chi connectivity index (χ2v) is 7.99. The summed E-state index contributed by atoms with van der Waals surface area (Å²) in [6.45, 7) is 2.06. The molecule has 0 radical (unpaired) electrons. The molecule has 1 aromatic rings. The zero-order valence-corrected chi connectivity index (χ0v) is 14.5. The molecule has 0 aliphatic carbocycles. The Hall–Kier alpha value is -0.640. The SMILES string of the molecule is CC1C(=O)NCCN1S(=O)(=O)c1c(N)cc(Br)cc1Br. The highest BCUT2D eigenvalue weighted by Gasteiger charge is 2.37. The third-order valence-electron chi connectivity index (χ3n) is 3.05. The van der Waals surface area contributed by atoms with Crippen molar-refractivity contribution < 1.29 is 13.2 Å². The first-order valence-electron chi connectivity index (χ1n) is 5.79. The number of carbonyl (C=O) groups excluding carboxylic acids is 1. The minimum Gasteiger partial charge on any atom is -0.398 e. The van der Waals surface area contributed by atoms with E-state index in [2.05, 4.69) is 37.2 Å². The van der Waals surface area contributed by atoms with Crippen molar-refractivity contribution in [2.24, 2.45) is 0 Å². The molecule has 20 heavy (non-hydrogen) atoms. The molecule has 1 aliphatic heterocycles. The van der Waals surface area contributed by atoms with Gasteiger partial charge in [-0.2, -0.15) is 4.31 Å². The summed E-state index contributed by atoms with van der Waals surface area (Å²) in [5, 5.41) is 2.63. The van der Waals surface area contributed by atoms with Crippen molar-refractivity contribution in [2.75, 3.05) is 18.8 Å². The van der Waals surface area contributed by atoms with Crippen LogP contribution < -0.4 is 11.1 Å². The molecule has 9 heteroatoms. The van der Waals surface area contributed by atoms with Gasteiger partial charge in [-0.05, 0) is 35.0 Å². The topological polar surface area (TPSA) is 92.5 Å². The first kappa shape index (κ1) is 15.7. The number of anilines is 1. The molecular weight excluding hydrogens is 414 g/mol. The van der Waals surface area contributed by atoms with Gasteiger partial charge < -0.3 is 11.1 Å². The number of nitrogen functional groups attached to an aromatic ring is 1. The number of halogens is 2. The first-order chi connectivity index (χ1) is 9.25. The van der Waals surface area contributed by atoms with Gasteiger partial charge in [-0.25, -0.2) is 8.42 Å². The lowest BCUT2D eigenvalue weighted by atomic mass is 10.2. The van der Waals surface area contributed by atoms with Crippen LogP contribution in [0.15, 0.2) is 26.0 Å². The summed E-state index contributed by atoms with van der Waals surface area (Å²) < 4.78 is 27.6. The van der Waals surface area contributed by atoms with Crippen LogP contribution in [0.4, 0.5) is 5.69 Å². The lowest BCUT2D eigenvalue weighted by Gasteiger charge is -2.32. The van der Waals surface area contributed by atoms with Crippen LogP contribution in [0.3, 0.4) is 0 Å². The van der Waals surface area contributed by atoms with E-state index in [1.807, 2.05) is 0 Å². The highest BCUT2D eigenvalue weighted by Crippen LogP contribution is 2.34. The first-order valence-corrected chi connectivity index (χ1v) is 8.82. The zero-order chi connectivity index (χ0) is 15.1. The third kappa shape index (κ3) is 2.72. The van der Waals surface area contributed by atoms with Gasteiger partial charge in [-0.1, -0.05) is 15.9 Å². The molecule has 1 heterocycles. The van der Waals surface area contributed by atoms with Crippen molar-refractivity contribution >= 4 is 53.5 Å². The van der Waals surface area contributed by atoms with Gasteiger partial charge >= 0.3 is 0 Å². The maximum atomic E-state index is 12.7. The standard InChI is InChI=1S/C11H13Br2N3O3S/c1-6-11(17)15-2-3-16(6)20(18,19)10-8(13)4-7(12)5-9(10)14/h4-6H,2-3,14H2,1H3,(H,15,17). The van der Waals surface area contributed by atoms with E-state index in [1.54, 1.807) is 13.0 Å². The Morgan fingerprint density at radius 3 is 2.65 bits per heavy atom. The number of sulfonamides is 1. The third-order valence-corrected chi connectivity index (χ3v) is 6.48. The number of piperazine rings is 1. The summed E-state index contributed by atoms with van der Waals surface area (Å²) in [4.78, 5) is 11.6. The molecular formula is C11H13Br2N3O3S. The molecule has 110 valence electrons. The number of benzene rings is 1. The lowest BCUT2D eigenvalue weighted by Crippen LogP contribution is -2.55. The van der Waals surface area contributed by atoms with Crippen LogP contribution in [0.25, 0.3) is 0 Å². The summed E-state index contributed by atoms with van der Waals surface area (Å²) in [6.07, 6.45) is 0. The van der Waals surface area contributed by atoms with E-state index in [4.69, 9.17) is 5.73 Å². The highest BCUT2D eigenvalue weighted by atomic mass is 79.9. The monoisotopic (exact) mass is 425 g/mol. The zero-order valence-electron chi connectivity index (χ0n) is 10.6. The fourth-order valence-electron chi connectivity index (χ4n) is 2.06. The van der Waals surface area contributed by atoms with Crippen LogP contribution in [-0.4, -0.2) is 37.8 Å². The second kappa shape index (κ2) is 5.63. The fourth-order valence-corrected chi connectivity index (χ4v) is 5.67. The Morgan fingerprint density at radius 2 is 2.05 bits per heavy atom. The number of nitrogens with one attached hydrogen (secondary N) is 1. The Bertz CT molecular complexity index is 640. The maximum Gasteiger partial charge on any atom is 0.247 e. The molecule has 6 nitrogen and oxygen atoms in total. The van der Waals surface area contributed by atoms with Crippen molar-refractivity contribution in [2.45, 2.75) is 17.9 Å². The molecule has 0 spiro atoms. The lowest BCUT2D eigenvalue weighted by molar-refractivity contribution is -0.126. The Labute approximate surface area is 134 Å². The predicted molar refractivity (Wildman–Crippen MR) is 82.6 cm³/mol. The summed E-state index contributed by atoms with van der Waals surface area (Å²) in [5.74, 6) is -0.313. The summed E-state index contributed by atoms with van der Waals surface area (Å²) in [6, 6.07) is 2.37. The van der Waals surface area contributed by atoms with Gasteiger partial charge in [0.15, 0.2) is 0 Å². The maximum absolute atomic E-state index is 12.7. The molecule has 3 N–H and O–H groups in total. The Morgan fingerprint density at radius 1 is 1.40 bits per heavy atom. The van der Waals surface area contributed by atoms with E-state index in [0.717, 1.165) is 4.31 Å². The van der Waals surface area contributed by atoms with Gasteiger partial charge in [0.05, 0.1) is 5.69 Å². The summed E-state index contributed by atoms with van der Waals surface area (Å²) >= 11 is 6.47. The summed E-state index contributed by atoms with van der Waals surface area (Å²) in [5.41, 5.74) is 5.96. The number of rotatable bonds is 2. The smallest absolute Gasteiger partial charge is 0.247 e. The van der Waals surface area contributed by atoms with Gasteiger partial charge in [0.1, 0.15) is 10.9 Å². The summed E-state index contributed by atoms with van der Waals surface area (Å²) in [7, 11) is -3.84. The minimum atomic E-state index is -3.84. The fraction of sp³-hybridized carbons (Fsp3) is 0.364. The van der Waals surface area contributed by atoms with Crippen LogP contribution in [0.2, 0.25) is 0 Å². The van der Waals surface area contributed by atoms with E-state index in [-0.39, 0.29) is 29.6 Å². The number of nitrogens with zero attached hydrogens (tertiary/aromatic N) is 1. The van der Waals surface area contributed by atoms with Gasteiger partial charge in [-0.15, -0.1) is 0 Å². The number of hydrogen-bond donors (Lipinski definition) is 2.